The summed E-state index contributed by atoms with van der Waals surface area (Å²) >= 11 is 0. The van der Waals surface area contributed by atoms with Crippen LogP contribution in [-0.2, 0) is 26.1 Å². The van der Waals surface area contributed by atoms with Crippen LogP contribution in [0.1, 0.15) is 38.2 Å². The van der Waals surface area contributed by atoms with Crippen molar-refractivity contribution < 1.29 is 22.7 Å². The zero-order chi connectivity index (χ0) is 20.6. The van der Waals surface area contributed by atoms with Crippen molar-refractivity contribution in [2.75, 3.05) is 26.3 Å². The van der Waals surface area contributed by atoms with E-state index < -0.39 is 21.6 Å². The summed E-state index contributed by atoms with van der Waals surface area (Å²) in [6.07, 6.45) is 3.54. The molecular formula is C20H27N3O5S. The molecule has 9 heteroatoms. The number of nitrogens with zero attached hydrogens (tertiary/aromatic N) is 2. The summed E-state index contributed by atoms with van der Waals surface area (Å²) < 4.78 is 32.4. The fourth-order valence-corrected chi connectivity index (χ4v) is 6.04. The Morgan fingerprint density at radius 2 is 1.97 bits per heavy atom. The molecule has 0 aromatic heterocycles. The molecule has 4 rings (SSSR count). The second-order valence-corrected chi connectivity index (χ2v) is 10.0. The number of amides is 3. The third-order valence-corrected chi connectivity index (χ3v) is 8.24. The average molecular weight is 422 g/mol. The van der Waals surface area contributed by atoms with Crippen LogP contribution in [0.3, 0.4) is 0 Å². The molecule has 3 aliphatic rings. The van der Waals surface area contributed by atoms with Crippen LogP contribution in [0.25, 0.3) is 0 Å². The fourth-order valence-electron chi connectivity index (χ4n) is 4.56. The highest BCUT2D eigenvalue weighted by atomic mass is 32.2. The van der Waals surface area contributed by atoms with Gasteiger partial charge in [-0.15, -0.1) is 0 Å². The zero-order valence-electron chi connectivity index (χ0n) is 16.6. The number of imide groups is 1. The molecule has 3 amide bonds. The van der Waals surface area contributed by atoms with E-state index in [1.807, 2.05) is 6.92 Å². The smallest absolute Gasteiger partial charge is 0.325 e. The van der Waals surface area contributed by atoms with E-state index in [0.717, 1.165) is 19.3 Å². The summed E-state index contributed by atoms with van der Waals surface area (Å²) in [4.78, 5) is 27.1. The molecule has 1 spiro atoms. The molecule has 1 N–H and O–H groups in total. The lowest BCUT2D eigenvalue weighted by Crippen LogP contribution is -2.53. The number of carbonyl (C=O) groups is 2. The highest BCUT2D eigenvalue weighted by molar-refractivity contribution is 7.89. The number of sulfonamides is 1. The summed E-state index contributed by atoms with van der Waals surface area (Å²) in [7, 11) is -3.63. The summed E-state index contributed by atoms with van der Waals surface area (Å²) in [5.74, 6) is -0.109. The molecule has 0 radical (unpaired) electrons. The number of hydrogen-bond acceptors (Lipinski definition) is 5. The van der Waals surface area contributed by atoms with Gasteiger partial charge in [0.25, 0.3) is 5.91 Å². The topological polar surface area (TPSA) is 96.0 Å². The molecular weight excluding hydrogens is 394 g/mol. The van der Waals surface area contributed by atoms with E-state index in [2.05, 4.69) is 5.32 Å². The van der Waals surface area contributed by atoms with Gasteiger partial charge in [0.15, 0.2) is 0 Å². The van der Waals surface area contributed by atoms with Gasteiger partial charge >= 0.3 is 6.03 Å². The summed E-state index contributed by atoms with van der Waals surface area (Å²) in [6.45, 7) is 3.46. The maximum atomic E-state index is 13.1. The normalized spacial score (nSPS) is 28.7. The van der Waals surface area contributed by atoms with Gasteiger partial charge in [-0.3, -0.25) is 9.69 Å². The second-order valence-electron chi connectivity index (χ2n) is 8.10. The van der Waals surface area contributed by atoms with Gasteiger partial charge in [0.2, 0.25) is 10.0 Å². The maximum Gasteiger partial charge on any atom is 0.325 e. The Kier molecular flexibility index (Phi) is 5.39. The van der Waals surface area contributed by atoms with Crippen molar-refractivity contribution in [1.29, 1.82) is 0 Å². The monoisotopic (exact) mass is 421 g/mol. The van der Waals surface area contributed by atoms with Crippen LogP contribution in [0.2, 0.25) is 0 Å². The number of morpholine rings is 1. The van der Waals surface area contributed by atoms with Crippen molar-refractivity contribution >= 4 is 22.0 Å². The quantitative estimate of drug-likeness (QED) is 0.747. The van der Waals surface area contributed by atoms with E-state index in [1.165, 1.54) is 9.21 Å². The SMILES string of the molecule is CC1CCCCC12NC(=O)N(Cc1cccc(S(=O)(=O)N3CCOCC3)c1)C2=O. The van der Waals surface area contributed by atoms with Crippen molar-refractivity contribution in [3.05, 3.63) is 29.8 Å². The lowest BCUT2D eigenvalue weighted by molar-refractivity contribution is -0.134. The molecule has 2 heterocycles. The van der Waals surface area contributed by atoms with Crippen LogP contribution in [-0.4, -0.2) is 61.4 Å². The average Bonchev–Trinajstić information content (AvgIpc) is 2.96. The molecule has 2 atom stereocenters. The number of urea groups is 1. The Balaban J connectivity index is 1.55. The molecule has 8 nitrogen and oxygen atoms in total. The molecule has 29 heavy (non-hydrogen) atoms. The fraction of sp³-hybridized carbons (Fsp3) is 0.600. The highest BCUT2D eigenvalue weighted by Gasteiger charge is 2.54. The van der Waals surface area contributed by atoms with E-state index in [-0.39, 0.29) is 23.3 Å². The van der Waals surface area contributed by atoms with Gasteiger partial charge < -0.3 is 10.1 Å². The van der Waals surface area contributed by atoms with Crippen LogP contribution >= 0.6 is 0 Å². The summed E-state index contributed by atoms with van der Waals surface area (Å²) in [6, 6.07) is 6.10. The molecule has 1 aliphatic carbocycles. The largest absolute Gasteiger partial charge is 0.379 e. The molecule has 158 valence electrons. The van der Waals surface area contributed by atoms with Gasteiger partial charge in [-0.1, -0.05) is 31.9 Å². The van der Waals surface area contributed by atoms with Gasteiger partial charge in [0, 0.05) is 13.1 Å². The van der Waals surface area contributed by atoms with Crippen LogP contribution in [0.5, 0.6) is 0 Å². The zero-order valence-corrected chi connectivity index (χ0v) is 17.4. The van der Waals surface area contributed by atoms with E-state index in [9.17, 15) is 18.0 Å². The number of nitrogens with one attached hydrogen (secondary N) is 1. The van der Waals surface area contributed by atoms with Gasteiger partial charge in [-0.2, -0.15) is 4.31 Å². The van der Waals surface area contributed by atoms with E-state index in [1.54, 1.807) is 24.3 Å². The third-order valence-electron chi connectivity index (χ3n) is 6.35. The number of rotatable bonds is 4. The van der Waals surface area contributed by atoms with Crippen LogP contribution < -0.4 is 5.32 Å². The van der Waals surface area contributed by atoms with Crippen LogP contribution in [0, 0.1) is 5.92 Å². The number of benzene rings is 1. The molecule has 0 bridgehead atoms. The van der Waals surface area contributed by atoms with Crippen molar-refractivity contribution in [2.24, 2.45) is 5.92 Å². The first-order chi connectivity index (χ1) is 13.8. The van der Waals surface area contributed by atoms with Gasteiger partial charge in [0.05, 0.1) is 24.7 Å². The van der Waals surface area contributed by atoms with Crippen molar-refractivity contribution in [1.82, 2.24) is 14.5 Å². The number of ether oxygens (including phenoxy) is 1. The molecule has 3 fully saturated rings. The predicted octanol–water partition coefficient (Wildman–Crippen LogP) is 1.71. The number of hydrogen-bond donors (Lipinski definition) is 1. The minimum absolute atomic E-state index is 0.0611. The first kappa shape index (κ1) is 20.3. The minimum Gasteiger partial charge on any atom is -0.379 e. The van der Waals surface area contributed by atoms with Gasteiger partial charge in [0.1, 0.15) is 5.54 Å². The lowest BCUT2D eigenvalue weighted by Gasteiger charge is -2.36. The van der Waals surface area contributed by atoms with Crippen molar-refractivity contribution in [3.8, 4) is 0 Å². The first-order valence-corrected chi connectivity index (χ1v) is 11.6. The van der Waals surface area contributed by atoms with Gasteiger partial charge in [-0.25, -0.2) is 13.2 Å². The molecule has 2 saturated heterocycles. The molecule has 1 aromatic carbocycles. The van der Waals surface area contributed by atoms with Crippen molar-refractivity contribution in [3.63, 3.8) is 0 Å². The molecule has 1 aromatic rings. The van der Waals surface area contributed by atoms with Crippen LogP contribution in [0.4, 0.5) is 4.79 Å². The Labute approximate surface area is 171 Å². The molecule has 2 unspecified atom stereocenters. The predicted molar refractivity (Wildman–Crippen MR) is 105 cm³/mol. The van der Waals surface area contributed by atoms with Crippen LogP contribution in [0.15, 0.2) is 29.2 Å². The highest BCUT2D eigenvalue weighted by Crippen LogP contribution is 2.38. The van der Waals surface area contributed by atoms with Gasteiger partial charge in [-0.05, 0) is 36.5 Å². The number of carbonyl (C=O) groups excluding carboxylic acids is 2. The third kappa shape index (κ3) is 3.55. The Morgan fingerprint density at radius 1 is 1.21 bits per heavy atom. The maximum absolute atomic E-state index is 13.1. The van der Waals surface area contributed by atoms with E-state index >= 15 is 0 Å². The molecule has 1 saturated carbocycles. The standard InChI is InChI=1S/C20H27N3O5S/c1-15-5-2-3-8-20(15)18(24)23(19(25)21-20)14-16-6-4-7-17(13-16)29(26,27)22-9-11-28-12-10-22/h4,6-7,13,15H,2-3,5,8-12,14H2,1H3,(H,21,25). The summed E-state index contributed by atoms with van der Waals surface area (Å²) in [5.41, 5.74) is -0.198. The summed E-state index contributed by atoms with van der Waals surface area (Å²) in [5, 5.41) is 2.93. The van der Waals surface area contributed by atoms with E-state index in [4.69, 9.17) is 4.74 Å². The Bertz CT molecular complexity index is 912. The molecule has 2 aliphatic heterocycles. The Hall–Kier alpha value is -1.97. The first-order valence-electron chi connectivity index (χ1n) is 10.2. The van der Waals surface area contributed by atoms with E-state index in [0.29, 0.717) is 38.3 Å². The second kappa shape index (κ2) is 7.70. The van der Waals surface area contributed by atoms with Crippen molar-refractivity contribution in [2.45, 2.75) is 49.6 Å². The lowest BCUT2D eigenvalue weighted by atomic mass is 9.73. The Morgan fingerprint density at radius 3 is 2.69 bits per heavy atom. The minimum atomic E-state index is -3.63.